The SMILES string of the molecule is CS(=O)(=O)Nc1cc([C@@H](O)CNCC2CCN(c3ccc(C(=O)N[C@H](Cc4ccccc4)C(=O)O)cc3)CC2)ccc1O. The number of hydrogen-bond donors (Lipinski definition) is 6. The maximum absolute atomic E-state index is 12.8. The van der Waals surface area contributed by atoms with Crippen LogP contribution in [0.25, 0.3) is 0 Å². The average molecular weight is 611 g/mol. The van der Waals surface area contributed by atoms with Gasteiger partial charge in [0.05, 0.1) is 18.0 Å². The normalized spacial score (nSPS) is 15.4. The summed E-state index contributed by atoms with van der Waals surface area (Å²) >= 11 is 0. The maximum atomic E-state index is 12.8. The van der Waals surface area contributed by atoms with E-state index in [2.05, 4.69) is 20.3 Å². The van der Waals surface area contributed by atoms with Crippen molar-refractivity contribution in [2.24, 2.45) is 5.92 Å². The fraction of sp³-hybridized carbons (Fsp3) is 0.355. The highest BCUT2D eigenvalue weighted by atomic mass is 32.2. The van der Waals surface area contributed by atoms with Crippen molar-refractivity contribution in [1.82, 2.24) is 10.6 Å². The second-order valence-electron chi connectivity index (χ2n) is 10.9. The number of carboxylic acid groups (broad SMARTS) is 1. The molecular weight excluding hydrogens is 572 g/mol. The first-order chi connectivity index (χ1) is 20.5. The number of hydrogen-bond acceptors (Lipinski definition) is 8. The number of sulfonamides is 1. The highest BCUT2D eigenvalue weighted by molar-refractivity contribution is 7.92. The maximum Gasteiger partial charge on any atom is 0.326 e. The van der Waals surface area contributed by atoms with E-state index in [0.29, 0.717) is 23.6 Å². The standard InChI is InChI=1S/C31H38N4O7S/c1-43(41,42)34-26-18-24(9-12-28(26)36)29(37)20-32-19-22-13-15-35(16-14-22)25-10-7-23(8-11-25)30(38)33-27(31(39)40)17-21-5-3-2-4-6-21/h2-12,18,22,27,29,32,34,36-37H,13-17,19-20H2,1H3,(H,33,38)(H,39,40)/t27-,29+/m1/s1. The first kappa shape index (κ1) is 31.8. The Labute approximate surface area is 251 Å². The smallest absolute Gasteiger partial charge is 0.326 e. The summed E-state index contributed by atoms with van der Waals surface area (Å²) in [4.78, 5) is 26.7. The highest BCUT2D eigenvalue weighted by Crippen LogP contribution is 2.28. The summed E-state index contributed by atoms with van der Waals surface area (Å²) in [6.45, 7) is 2.65. The highest BCUT2D eigenvalue weighted by Gasteiger charge is 2.23. The topological polar surface area (TPSA) is 168 Å². The molecule has 3 aromatic carbocycles. The van der Waals surface area contributed by atoms with Gasteiger partial charge < -0.3 is 30.9 Å². The van der Waals surface area contributed by atoms with E-state index in [9.17, 15) is 33.3 Å². The number of aliphatic carboxylic acids is 1. The van der Waals surface area contributed by atoms with Crippen LogP contribution in [0.4, 0.5) is 11.4 Å². The quantitative estimate of drug-likeness (QED) is 0.159. The van der Waals surface area contributed by atoms with Crippen LogP contribution in [-0.2, 0) is 21.2 Å². The predicted octanol–water partition coefficient (Wildman–Crippen LogP) is 2.73. The van der Waals surface area contributed by atoms with Gasteiger partial charge in [0, 0.05) is 37.3 Å². The summed E-state index contributed by atoms with van der Waals surface area (Å²) < 4.78 is 25.3. The van der Waals surface area contributed by atoms with Gasteiger partial charge in [-0.25, -0.2) is 13.2 Å². The molecule has 1 amide bonds. The van der Waals surface area contributed by atoms with Gasteiger partial charge in [-0.15, -0.1) is 0 Å². The molecule has 0 spiro atoms. The number of carboxylic acids is 1. The lowest BCUT2D eigenvalue weighted by Gasteiger charge is -2.34. The zero-order valence-electron chi connectivity index (χ0n) is 23.9. The first-order valence-corrected chi connectivity index (χ1v) is 16.0. The van der Waals surface area contributed by atoms with E-state index in [1.807, 2.05) is 42.5 Å². The number of carbonyl (C=O) groups is 2. The number of aliphatic hydroxyl groups is 1. The number of aromatic hydroxyl groups is 1. The average Bonchev–Trinajstić information content (AvgIpc) is 2.98. The molecule has 0 saturated carbocycles. The number of rotatable bonds is 13. The van der Waals surface area contributed by atoms with E-state index in [-0.39, 0.29) is 24.4 Å². The summed E-state index contributed by atoms with van der Waals surface area (Å²) in [5.41, 5.74) is 2.72. The van der Waals surface area contributed by atoms with Gasteiger partial charge in [0.15, 0.2) is 0 Å². The van der Waals surface area contributed by atoms with Crippen LogP contribution in [0.1, 0.15) is 40.4 Å². The minimum absolute atomic E-state index is 0.0209. The Morgan fingerprint density at radius 3 is 2.30 bits per heavy atom. The van der Waals surface area contributed by atoms with Gasteiger partial charge in [0.1, 0.15) is 11.8 Å². The molecule has 6 N–H and O–H groups in total. The number of anilines is 2. The lowest BCUT2D eigenvalue weighted by Crippen LogP contribution is -2.42. The minimum Gasteiger partial charge on any atom is -0.506 e. The third-order valence-electron chi connectivity index (χ3n) is 7.47. The van der Waals surface area contributed by atoms with Crippen LogP contribution in [0.15, 0.2) is 72.8 Å². The van der Waals surface area contributed by atoms with E-state index in [0.717, 1.165) is 43.4 Å². The van der Waals surface area contributed by atoms with Crippen LogP contribution in [0.5, 0.6) is 5.75 Å². The summed E-state index contributed by atoms with van der Waals surface area (Å²) in [7, 11) is -3.57. The Hall–Kier alpha value is -4.13. The molecule has 1 saturated heterocycles. The number of nitrogens with zero attached hydrogens (tertiary/aromatic N) is 1. The molecule has 2 atom stereocenters. The number of phenolic OH excluding ortho intramolecular Hbond substituents is 1. The summed E-state index contributed by atoms with van der Waals surface area (Å²) in [6, 6.07) is 19.6. The Bertz CT molecular complexity index is 1490. The molecule has 230 valence electrons. The van der Waals surface area contributed by atoms with Crippen molar-refractivity contribution in [3.05, 3.63) is 89.5 Å². The van der Waals surface area contributed by atoms with Gasteiger partial charge in [0.2, 0.25) is 10.0 Å². The Morgan fingerprint density at radius 1 is 1.00 bits per heavy atom. The van der Waals surface area contributed by atoms with Gasteiger partial charge in [-0.2, -0.15) is 0 Å². The molecule has 4 rings (SSSR count). The number of phenols is 1. The van der Waals surface area contributed by atoms with Crippen molar-refractivity contribution in [3.63, 3.8) is 0 Å². The summed E-state index contributed by atoms with van der Waals surface area (Å²) in [5, 5.41) is 36.0. The van der Waals surface area contributed by atoms with Gasteiger partial charge in [-0.1, -0.05) is 36.4 Å². The van der Waals surface area contributed by atoms with E-state index in [1.54, 1.807) is 18.2 Å². The predicted molar refractivity (Wildman–Crippen MR) is 165 cm³/mol. The Kier molecular flexibility index (Phi) is 10.6. The number of amides is 1. The molecule has 1 aliphatic rings. The van der Waals surface area contributed by atoms with E-state index in [4.69, 9.17) is 0 Å². The third-order valence-corrected chi connectivity index (χ3v) is 8.06. The molecule has 0 aliphatic carbocycles. The minimum atomic E-state index is -3.57. The number of nitrogens with one attached hydrogen (secondary N) is 3. The summed E-state index contributed by atoms with van der Waals surface area (Å²) in [6.07, 6.45) is 2.19. The number of carbonyl (C=O) groups excluding carboxylic acids is 1. The largest absolute Gasteiger partial charge is 0.506 e. The van der Waals surface area contributed by atoms with Gasteiger partial charge in [0.25, 0.3) is 5.91 Å². The molecule has 43 heavy (non-hydrogen) atoms. The number of aliphatic hydroxyl groups excluding tert-OH is 1. The summed E-state index contributed by atoms with van der Waals surface area (Å²) in [5.74, 6) is -1.33. The zero-order chi connectivity index (χ0) is 31.0. The van der Waals surface area contributed by atoms with Crippen LogP contribution in [0.2, 0.25) is 0 Å². The van der Waals surface area contributed by atoms with E-state index < -0.39 is 34.0 Å². The van der Waals surface area contributed by atoms with Crippen LogP contribution >= 0.6 is 0 Å². The lowest BCUT2D eigenvalue weighted by molar-refractivity contribution is -0.139. The lowest BCUT2D eigenvalue weighted by atomic mass is 9.96. The fourth-order valence-electron chi connectivity index (χ4n) is 5.09. The number of piperidine rings is 1. The van der Waals surface area contributed by atoms with Crippen LogP contribution in [-0.4, -0.2) is 74.1 Å². The van der Waals surface area contributed by atoms with Crippen molar-refractivity contribution in [3.8, 4) is 5.75 Å². The molecular formula is C31H38N4O7S. The third kappa shape index (κ3) is 9.43. The first-order valence-electron chi connectivity index (χ1n) is 14.1. The van der Waals surface area contributed by atoms with Crippen molar-refractivity contribution in [2.45, 2.75) is 31.4 Å². The van der Waals surface area contributed by atoms with E-state index >= 15 is 0 Å². The number of benzene rings is 3. The molecule has 0 unspecified atom stereocenters. The van der Waals surface area contributed by atoms with Crippen molar-refractivity contribution < 1.29 is 33.3 Å². The van der Waals surface area contributed by atoms with E-state index in [1.165, 1.54) is 12.1 Å². The molecule has 1 aliphatic heterocycles. The Morgan fingerprint density at radius 2 is 1.67 bits per heavy atom. The zero-order valence-corrected chi connectivity index (χ0v) is 24.8. The Balaban J connectivity index is 1.22. The molecule has 0 bridgehead atoms. The molecule has 0 aromatic heterocycles. The second kappa shape index (κ2) is 14.4. The van der Waals surface area contributed by atoms with Crippen molar-refractivity contribution >= 4 is 33.3 Å². The van der Waals surface area contributed by atoms with Gasteiger partial charge in [-0.3, -0.25) is 9.52 Å². The monoisotopic (exact) mass is 610 g/mol. The van der Waals surface area contributed by atoms with Crippen molar-refractivity contribution in [2.75, 3.05) is 42.1 Å². The molecule has 0 radical (unpaired) electrons. The van der Waals surface area contributed by atoms with Gasteiger partial charge in [-0.05, 0) is 72.8 Å². The van der Waals surface area contributed by atoms with Crippen LogP contribution < -0.4 is 20.3 Å². The van der Waals surface area contributed by atoms with Crippen molar-refractivity contribution in [1.29, 1.82) is 0 Å². The molecule has 11 nitrogen and oxygen atoms in total. The molecule has 1 fully saturated rings. The fourth-order valence-corrected chi connectivity index (χ4v) is 5.66. The van der Waals surface area contributed by atoms with Gasteiger partial charge >= 0.3 is 5.97 Å². The van der Waals surface area contributed by atoms with Crippen LogP contribution in [0.3, 0.4) is 0 Å². The van der Waals surface area contributed by atoms with Crippen LogP contribution in [0, 0.1) is 5.92 Å². The molecule has 3 aromatic rings. The molecule has 1 heterocycles. The second-order valence-corrected chi connectivity index (χ2v) is 12.6. The molecule has 12 heteroatoms.